The largest absolute Gasteiger partial charge is 0.389 e. The van der Waals surface area contributed by atoms with Crippen LogP contribution in [-0.2, 0) is 4.74 Å². The maximum atomic E-state index is 9.78. The monoisotopic (exact) mass is 248 g/mol. The van der Waals surface area contributed by atoms with Gasteiger partial charge in [0.25, 0.3) is 0 Å². The third-order valence-electron chi connectivity index (χ3n) is 2.79. The van der Waals surface area contributed by atoms with Crippen LogP contribution in [-0.4, -0.2) is 31.9 Å². The molecule has 0 saturated carbocycles. The lowest BCUT2D eigenvalue weighted by atomic mass is 10.1. The van der Waals surface area contributed by atoms with Crippen molar-refractivity contribution < 1.29 is 9.84 Å². The van der Waals surface area contributed by atoms with Crippen LogP contribution in [0.15, 0.2) is 24.3 Å². The molecule has 0 saturated heterocycles. The summed E-state index contributed by atoms with van der Waals surface area (Å²) in [5.41, 5.74) is 1.85. The molecular weight excluding hydrogens is 228 g/mol. The fraction of sp³-hybridized carbons (Fsp3) is 0.500. The molecule has 1 atom stereocenters. The predicted molar refractivity (Wildman–Crippen MR) is 71.4 cm³/mol. The van der Waals surface area contributed by atoms with Gasteiger partial charge in [-0.05, 0) is 13.0 Å². The van der Waals surface area contributed by atoms with E-state index in [-0.39, 0.29) is 0 Å². The van der Waals surface area contributed by atoms with Crippen molar-refractivity contribution in [1.29, 1.82) is 5.26 Å². The Morgan fingerprint density at radius 3 is 2.72 bits per heavy atom. The summed E-state index contributed by atoms with van der Waals surface area (Å²) < 4.78 is 5.09. The fourth-order valence-electron chi connectivity index (χ4n) is 1.87. The molecule has 1 aromatic carbocycles. The number of benzene rings is 1. The van der Waals surface area contributed by atoms with E-state index in [1.54, 1.807) is 14.0 Å². The van der Waals surface area contributed by atoms with Crippen LogP contribution in [0.25, 0.3) is 0 Å². The van der Waals surface area contributed by atoms with Gasteiger partial charge in [0.1, 0.15) is 0 Å². The molecule has 18 heavy (non-hydrogen) atoms. The van der Waals surface area contributed by atoms with Crippen LogP contribution in [0.2, 0.25) is 0 Å². The standard InChI is InChI=1S/C14H20N2O2/c1-12(17)13-6-3-4-7-14(13)16(9-5-8-15)10-11-18-2/h3-4,6-7,12,17H,5,9-11H2,1-2H3. The minimum Gasteiger partial charge on any atom is -0.389 e. The van der Waals surface area contributed by atoms with Crippen molar-refractivity contribution in [3.8, 4) is 6.07 Å². The summed E-state index contributed by atoms with van der Waals surface area (Å²) in [5.74, 6) is 0. The molecule has 1 N–H and O–H groups in total. The zero-order valence-corrected chi connectivity index (χ0v) is 11.0. The van der Waals surface area contributed by atoms with E-state index in [0.29, 0.717) is 26.1 Å². The lowest BCUT2D eigenvalue weighted by Gasteiger charge is -2.26. The maximum absolute atomic E-state index is 9.78. The Morgan fingerprint density at radius 1 is 1.39 bits per heavy atom. The first-order chi connectivity index (χ1) is 8.70. The number of nitrogens with zero attached hydrogens (tertiary/aromatic N) is 2. The second-order valence-corrected chi connectivity index (χ2v) is 4.12. The van der Waals surface area contributed by atoms with Gasteiger partial charge < -0.3 is 14.7 Å². The predicted octanol–water partition coefficient (Wildman–Crippen LogP) is 2.11. The zero-order chi connectivity index (χ0) is 13.4. The molecule has 0 aromatic heterocycles. The molecule has 0 amide bonds. The van der Waals surface area contributed by atoms with Gasteiger partial charge in [0.15, 0.2) is 0 Å². The summed E-state index contributed by atoms with van der Waals surface area (Å²) in [6.07, 6.45) is -0.0639. The van der Waals surface area contributed by atoms with Crippen molar-refractivity contribution in [2.45, 2.75) is 19.4 Å². The number of para-hydroxylation sites is 1. The van der Waals surface area contributed by atoms with Gasteiger partial charge in [0, 0.05) is 31.5 Å². The highest BCUT2D eigenvalue weighted by atomic mass is 16.5. The molecule has 0 radical (unpaired) electrons. The second kappa shape index (κ2) is 7.70. The third kappa shape index (κ3) is 4.02. The number of nitriles is 1. The molecule has 98 valence electrons. The van der Waals surface area contributed by atoms with Crippen LogP contribution in [0, 0.1) is 11.3 Å². The average Bonchev–Trinajstić information content (AvgIpc) is 2.39. The number of ether oxygens (including phenoxy) is 1. The molecule has 0 fully saturated rings. The summed E-state index contributed by atoms with van der Waals surface area (Å²) in [7, 11) is 1.66. The zero-order valence-electron chi connectivity index (χ0n) is 11.0. The maximum Gasteiger partial charge on any atom is 0.0781 e. The van der Waals surface area contributed by atoms with Gasteiger partial charge in [0.2, 0.25) is 0 Å². The van der Waals surface area contributed by atoms with Crippen molar-refractivity contribution in [2.75, 3.05) is 31.7 Å². The smallest absolute Gasteiger partial charge is 0.0781 e. The van der Waals surface area contributed by atoms with Gasteiger partial charge in [0.05, 0.1) is 25.2 Å². The van der Waals surface area contributed by atoms with Crippen LogP contribution >= 0.6 is 0 Å². The highest BCUT2D eigenvalue weighted by Crippen LogP contribution is 2.26. The molecule has 1 unspecified atom stereocenters. The van der Waals surface area contributed by atoms with Crippen LogP contribution in [0.3, 0.4) is 0 Å². The molecule has 0 spiro atoms. The Labute approximate surface area is 108 Å². The Bertz CT molecular complexity index is 399. The van der Waals surface area contributed by atoms with E-state index >= 15 is 0 Å². The van der Waals surface area contributed by atoms with Crippen molar-refractivity contribution in [3.05, 3.63) is 29.8 Å². The number of hydrogen-bond acceptors (Lipinski definition) is 4. The van der Waals surface area contributed by atoms with Crippen LogP contribution < -0.4 is 4.90 Å². The number of methoxy groups -OCH3 is 1. The first-order valence-corrected chi connectivity index (χ1v) is 6.08. The minimum absolute atomic E-state index is 0.456. The summed E-state index contributed by atoms with van der Waals surface area (Å²) in [6.45, 7) is 3.70. The molecule has 0 heterocycles. The van der Waals surface area contributed by atoms with Gasteiger partial charge in [-0.25, -0.2) is 0 Å². The number of rotatable bonds is 7. The van der Waals surface area contributed by atoms with Crippen LogP contribution in [0.5, 0.6) is 0 Å². The Kier molecular flexibility index (Phi) is 6.20. The lowest BCUT2D eigenvalue weighted by molar-refractivity contribution is 0.197. The van der Waals surface area contributed by atoms with Gasteiger partial charge in [-0.15, -0.1) is 0 Å². The summed E-state index contributed by atoms with van der Waals surface area (Å²) in [6, 6.07) is 9.87. The minimum atomic E-state index is -0.520. The first kappa shape index (κ1) is 14.5. The highest BCUT2D eigenvalue weighted by molar-refractivity contribution is 5.54. The van der Waals surface area contributed by atoms with Gasteiger partial charge in [-0.2, -0.15) is 5.26 Å². The second-order valence-electron chi connectivity index (χ2n) is 4.12. The van der Waals surface area contributed by atoms with E-state index in [1.807, 2.05) is 24.3 Å². The van der Waals surface area contributed by atoms with E-state index in [9.17, 15) is 5.11 Å². The van der Waals surface area contributed by atoms with E-state index in [0.717, 1.165) is 11.3 Å². The van der Waals surface area contributed by atoms with Gasteiger partial charge >= 0.3 is 0 Å². The lowest BCUT2D eigenvalue weighted by Crippen LogP contribution is -2.29. The number of hydrogen-bond donors (Lipinski definition) is 1. The average molecular weight is 248 g/mol. The van der Waals surface area contributed by atoms with E-state index in [4.69, 9.17) is 10.00 Å². The molecular formula is C14H20N2O2. The van der Waals surface area contributed by atoms with Crippen molar-refractivity contribution in [3.63, 3.8) is 0 Å². The Morgan fingerprint density at radius 2 is 2.11 bits per heavy atom. The summed E-state index contributed by atoms with van der Waals surface area (Å²) in [5, 5.41) is 18.5. The van der Waals surface area contributed by atoms with E-state index in [1.165, 1.54) is 0 Å². The normalized spacial score (nSPS) is 11.9. The molecule has 1 aromatic rings. The molecule has 1 rings (SSSR count). The topological polar surface area (TPSA) is 56.5 Å². The SMILES string of the molecule is COCCN(CCC#N)c1ccccc1C(C)O. The van der Waals surface area contributed by atoms with E-state index in [2.05, 4.69) is 11.0 Å². The number of anilines is 1. The Balaban J connectivity index is 2.92. The number of aliphatic hydroxyl groups is 1. The third-order valence-corrected chi connectivity index (χ3v) is 2.79. The molecule has 0 aliphatic rings. The van der Waals surface area contributed by atoms with Crippen LogP contribution in [0.4, 0.5) is 5.69 Å². The molecule has 0 bridgehead atoms. The van der Waals surface area contributed by atoms with E-state index < -0.39 is 6.10 Å². The first-order valence-electron chi connectivity index (χ1n) is 6.08. The highest BCUT2D eigenvalue weighted by Gasteiger charge is 2.13. The van der Waals surface area contributed by atoms with Crippen molar-refractivity contribution in [2.24, 2.45) is 0 Å². The van der Waals surface area contributed by atoms with Gasteiger partial charge in [-0.3, -0.25) is 0 Å². The molecule has 4 heteroatoms. The number of aliphatic hydroxyl groups excluding tert-OH is 1. The van der Waals surface area contributed by atoms with Crippen LogP contribution in [0.1, 0.15) is 25.0 Å². The fourth-order valence-corrected chi connectivity index (χ4v) is 1.87. The van der Waals surface area contributed by atoms with Crippen molar-refractivity contribution in [1.82, 2.24) is 0 Å². The van der Waals surface area contributed by atoms with Crippen molar-refractivity contribution >= 4 is 5.69 Å². The summed E-state index contributed by atoms with van der Waals surface area (Å²) in [4.78, 5) is 2.08. The quantitative estimate of drug-likeness (QED) is 0.803. The summed E-state index contributed by atoms with van der Waals surface area (Å²) >= 11 is 0. The molecule has 0 aliphatic carbocycles. The Hall–Kier alpha value is -1.57. The van der Waals surface area contributed by atoms with Gasteiger partial charge in [-0.1, -0.05) is 18.2 Å². The molecule has 4 nitrogen and oxygen atoms in total. The molecule has 0 aliphatic heterocycles.